The van der Waals surface area contributed by atoms with Crippen molar-refractivity contribution >= 4 is 22.8 Å². The number of methoxy groups -OCH3 is 1. The smallest absolute Gasteiger partial charge is 0.226 e. The van der Waals surface area contributed by atoms with Crippen LogP contribution in [0, 0.1) is 0 Å². The van der Waals surface area contributed by atoms with Crippen molar-refractivity contribution in [2.75, 3.05) is 37.5 Å². The first-order chi connectivity index (χ1) is 9.33. The van der Waals surface area contributed by atoms with Crippen molar-refractivity contribution in [2.24, 2.45) is 0 Å². The Bertz CT molecular complexity index is 564. The highest BCUT2D eigenvalue weighted by Gasteiger charge is 2.31. The molecule has 1 saturated carbocycles. The fraction of sp³-hybridized carbons (Fsp3) is 0.583. The number of rotatable bonds is 6. The number of aromatic nitrogens is 4. The third kappa shape index (κ3) is 2.33. The van der Waals surface area contributed by atoms with E-state index in [1.54, 1.807) is 13.3 Å². The molecule has 7 heteroatoms. The van der Waals surface area contributed by atoms with Crippen LogP contribution in [0.4, 0.5) is 11.8 Å². The molecule has 102 valence electrons. The van der Waals surface area contributed by atoms with Crippen LogP contribution in [0.1, 0.15) is 12.8 Å². The predicted octanol–water partition coefficient (Wildman–Crippen LogP) is 1.01. The third-order valence-corrected chi connectivity index (χ3v) is 3.31. The van der Waals surface area contributed by atoms with Crippen molar-refractivity contribution in [3.05, 3.63) is 6.20 Å². The summed E-state index contributed by atoms with van der Waals surface area (Å²) in [6.07, 6.45) is 4.20. The Kier molecular flexibility index (Phi) is 3.20. The number of fused-ring (bicyclic) bond motifs is 1. The van der Waals surface area contributed by atoms with Crippen molar-refractivity contribution in [3.63, 3.8) is 0 Å². The van der Waals surface area contributed by atoms with Gasteiger partial charge in [-0.1, -0.05) is 0 Å². The fourth-order valence-electron chi connectivity index (χ4n) is 2.19. The number of hydrogen-bond donors (Lipinski definition) is 2. The molecule has 1 fully saturated rings. The SMILES string of the molecule is CNc1nc(N(CCOC)C2CC2)c2cn[nH]c2n1. The lowest BCUT2D eigenvalue weighted by molar-refractivity contribution is 0.205. The normalized spacial score (nSPS) is 14.8. The zero-order valence-corrected chi connectivity index (χ0v) is 11.2. The zero-order valence-electron chi connectivity index (χ0n) is 11.2. The maximum Gasteiger partial charge on any atom is 0.226 e. The van der Waals surface area contributed by atoms with Crippen molar-refractivity contribution in [1.29, 1.82) is 0 Å². The predicted molar refractivity (Wildman–Crippen MR) is 73.5 cm³/mol. The van der Waals surface area contributed by atoms with Crippen molar-refractivity contribution in [2.45, 2.75) is 18.9 Å². The van der Waals surface area contributed by atoms with Crippen molar-refractivity contribution in [1.82, 2.24) is 20.2 Å². The van der Waals surface area contributed by atoms with Crippen LogP contribution in [0.5, 0.6) is 0 Å². The maximum absolute atomic E-state index is 5.20. The minimum atomic E-state index is 0.563. The van der Waals surface area contributed by atoms with E-state index in [1.165, 1.54) is 12.8 Å². The van der Waals surface area contributed by atoms with Crippen LogP contribution in [0.3, 0.4) is 0 Å². The average Bonchev–Trinajstić information content (AvgIpc) is 3.16. The molecular formula is C12H18N6O. The second-order valence-corrected chi connectivity index (χ2v) is 4.67. The topological polar surface area (TPSA) is 79.0 Å². The van der Waals surface area contributed by atoms with Crippen LogP contribution in [0.15, 0.2) is 6.20 Å². The van der Waals surface area contributed by atoms with E-state index in [9.17, 15) is 0 Å². The molecule has 0 atom stereocenters. The van der Waals surface area contributed by atoms with Gasteiger partial charge in [-0.2, -0.15) is 15.1 Å². The summed E-state index contributed by atoms with van der Waals surface area (Å²) in [6, 6.07) is 0.563. The number of hydrogen-bond acceptors (Lipinski definition) is 6. The molecule has 0 bridgehead atoms. The molecule has 2 heterocycles. The van der Waals surface area contributed by atoms with Crippen LogP contribution < -0.4 is 10.2 Å². The molecule has 2 aromatic rings. The van der Waals surface area contributed by atoms with E-state index in [-0.39, 0.29) is 0 Å². The minimum Gasteiger partial charge on any atom is -0.383 e. The highest BCUT2D eigenvalue weighted by Crippen LogP contribution is 2.34. The lowest BCUT2D eigenvalue weighted by atomic mass is 10.3. The largest absolute Gasteiger partial charge is 0.383 e. The van der Waals surface area contributed by atoms with Gasteiger partial charge in [0, 0.05) is 26.7 Å². The summed E-state index contributed by atoms with van der Waals surface area (Å²) in [7, 11) is 3.54. The molecule has 2 aromatic heterocycles. The van der Waals surface area contributed by atoms with Gasteiger partial charge in [0.05, 0.1) is 18.2 Å². The van der Waals surface area contributed by atoms with Gasteiger partial charge in [0.2, 0.25) is 5.95 Å². The molecule has 1 aliphatic carbocycles. The van der Waals surface area contributed by atoms with Gasteiger partial charge in [0.1, 0.15) is 5.82 Å². The zero-order chi connectivity index (χ0) is 13.2. The first kappa shape index (κ1) is 12.2. The van der Waals surface area contributed by atoms with E-state index in [0.29, 0.717) is 18.6 Å². The van der Waals surface area contributed by atoms with Crippen LogP contribution in [-0.2, 0) is 4.74 Å². The molecule has 0 spiro atoms. The summed E-state index contributed by atoms with van der Waals surface area (Å²) in [5.41, 5.74) is 0.761. The Hall–Kier alpha value is -1.89. The average molecular weight is 262 g/mol. The Labute approximate surface area is 111 Å². The highest BCUT2D eigenvalue weighted by atomic mass is 16.5. The number of nitrogens with one attached hydrogen (secondary N) is 2. The molecule has 19 heavy (non-hydrogen) atoms. The Morgan fingerprint density at radius 1 is 1.47 bits per heavy atom. The number of nitrogens with zero attached hydrogens (tertiary/aromatic N) is 4. The van der Waals surface area contributed by atoms with Gasteiger partial charge < -0.3 is 15.0 Å². The monoisotopic (exact) mass is 262 g/mol. The molecule has 0 aliphatic heterocycles. The van der Waals surface area contributed by atoms with Gasteiger partial charge in [-0.05, 0) is 12.8 Å². The van der Waals surface area contributed by atoms with Gasteiger partial charge >= 0.3 is 0 Å². The molecule has 0 unspecified atom stereocenters. The lowest BCUT2D eigenvalue weighted by Crippen LogP contribution is -2.30. The highest BCUT2D eigenvalue weighted by molar-refractivity contribution is 5.87. The molecule has 1 aliphatic rings. The fourth-order valence-corrected chi connectivity index (χ4v) is 2.19. The molecule has 2 N–H and O–H groups in total. The van der Waals surface area contributed by atoms with Crippen LogP contribution >= 0.6 is 0 Å². The summed E-state index contributed by atoms with van der Waals surface area (Å²) < 4.78 is 5.20. The molecule has 0 amide bonds. The van der Waals surface area contributed by atoms with Crippen molar-refractivity contribution < 1.29 is 4.74 Å². The molecule has 0 aromatic carbocycles. The summed E-state index contributed by atoms with van der Waals surface area (Å²) in [5, 5.41) is 10.9. The van der Waals surface area contributed by atoms with E-state index < -0.39 is 0 Å². The summed E-state index contributed by atoms with van der Waals surface area (Å²) in [5.74, 6) is 1.54. The van der Waals surface area contributed by atoms with Crippen LogP contribution in [-0.4, -0.2) is 53.5 Å². The van der Waals surface area contributed by atoms with Gasteiger partial charge in [0.15, 0.2) is 5.65 Å². The van der Waals surface area contributed by atoms with Crippen LogP contribution in [0.25, 0.3) is 11.0 Å². The van der Waals surface area contributed by atoms with E-state index in [4.69, 9.17) is 4.74 Å². The summed E-state index contributed by atoms with van der Waals surface area (Å²) in [6.45, 7) is 1.52. The second kappa shape index (κ2) is 5.00. The van der Waals surface area contributed by atoms with Gasteiger partial charge in [-0.25, -0.2) is 0 Å². The van der Waals surface area contributed by atoms with E-state index in [1.807, 2.05) is 7.05 Å². The number of H-pyrrole nitrogens is 1. The van der Waals surface area contributed by atoms with Crippen molar-refractivity contribution in [3.8, 4) is 0 Å². The maximum atomic E-state index is 5.20. The number of aromatic amines is 1. The van der Waals surface area contributed by atoms with Gasteiger partial charge in [0.25, 0.3) is 0 Å². The molecule has 7 nitrogen and oxygen atoms in total. The van der Waals surface area contributed by atoms with Gasteiger partial charge in [-0.15, -0.1) is 0 Å². The quantitative estimate of drug-likeness (QED) is 0.809. The van der Waals surface area contributed by atoms with Crippen LogP contribution in [0.2, 0.25) is 0 Å². The van der Waals surface area contributed by atoms with E-state index in [2.05, 4.69) is 30.4 Å². The number of ether oxygens (including phenoxy) is 1. The Morgan fingerprint density at radius 3 is 3.00 bits per heavy atom. The second-order valence-electron chi connectivity index (χ2n) is 4.67. The molecular weight excluding hydrogens is 244 g/mol. The first-order valence-electron chi connectivity index (χ1n) is 6.48. The third-order valence-electron chi connectivity index (χ3n) is 3.31. The molecule has 0 saturated heterocycles. The molecule has 0 radical (unpaired) electrons. The van der Waals surface area contributed by atoms with E-state index >= 15 is 0 Å². The Morgan fingerprint density at radius 2 is 2.32 bits per heavy atom. The van der Waals surface area contributed by atoms with E-state index in [0.717, 1.165) is 23.4 Å². The Balaban J connectivity index is 2.02. The number of anilines is 2. The summed E-state index contributed by atoms with van der Waals surface area (Å²) in [4.78, 5) is 11.2. The minimum absolute atomic E-state index is 0.563. The standard InChI is InChI=1S/C12H18N6O/c1-13-12-15-10-9(7-14-17-10)11(16-12)18(5-6-19-2)8-3-4-8/h7-8H,3-6H2,1-2H3,(H2,13,14,15,16,17). The first-order valence-corrected chi connectivity index (χ1v) is 6.48. The lowest BCUT2D eigenvalue weighted by Gasteiger charge is -2.23. The summed E-state index contributed by atoms with van der Waals surface area (Å²) >= 11 is 0. The molecule has 3 rings (SSSR count). The van der Waals surface area contributed by atoms with Gasteiger partial charge in [-0.3, -0.25) is 5.10 Å².